The molecule has 0 saturated carbocycles. The molecule has 6 nitrogen and oxygen atoms in total. The fraction of sp³-hybridized carbons (Fsp3) is 0.889. The Hall–Kier alpha value is -1.14. The van der Waals surface area contributed by atoms with Crippen molar-refractivity contribution in [3.8, 4) is 0 Å². The lowest BCUT2D eigenvalue weighted by atomic mass is 9.92. The summed E-state index contributed by atoms with van der Waals surface area (Å²) < 4.78 is 11.8. The van der Waals surface area contributed by atoms with Crippen LogP contribution in [0.4, 0.5) is 4.79 Å². The highest BCUT2D eigenvalue weighted by Gasteiger charge is 2.36. The summed E-state index contributed by atoms with van der Waals surface area (Å²) >= 11 is 0. The molecule has 0 radical (unpaired) electrons. The Labute approximate surface area is 145 Å². The van der Waals surface area contributed by atoms with Crippen LogP contribution in [0.3, 0.4) is 0 Å². The lowest BCUT2D eigenvalue weighted by molar-refractivity contribution is -0.127. The minimum Gasteiger partial charge on any atom is -0.444 e. The number of piperidine rings is 2. The standard InChI is InChI=1S/C18H32N2O4/c1-17(2,3)24-16(22)20-11-7-18(4,8-12-20)23-15-5-9-19(10-6-15)13-14-21/h14-15H,5-13H2,1-4H3. The van der Waals surface area contributed by atoms with Crippen LogP contribution < -0.4 is 0 Å². The summed E-state index contributed by atoms with van der Waals surface area (Å²) in [6.07, 6.45) is 4.60. The molecule has 24 heavy (non-hydrogen) atoms. The molecule has 0 N–H and O–H groups in total. The van der Waals surface area contributed by atoms with Crippen molar-refractivity contribution in [1.29, 1.82) is 0 Å². The first kappa shape index (κ1) is 19.2. The number of rotatable bonds is 4. The first-order valence-electron chi connectivity index (χ1n) is 9.02. The number of hydrogen-bond donors (Lipinski definition) is 0. The van der Waals surface area contributed by atoms with E-state index in [1.165, 1.54) is 0 Å². The second-order valence-corrected chi connectivity index (χ2v) is 8.20. The van der Waals surface area contributed by atoms with Crippen LogP contribution in [0.15, 0.2) is 0 Å². The van der Waals surface area contributed by atoms with E-state index in [1.807, 2.05) is 20.8 Å². The summed E-state index contributed by atoms with van der Waals surface area (Å²) in [5.74, 6) is 0. The Kier molecular flexibility index (Phi) is 6.26. The smallest absolute Gasteiger partial charge is 0.410 e. The van der Waals surface area contributed by atoms with Gasteiger partial charge in [0.05, 0.1) is 18.2 Å². The summed E-state index contributed by atoms with van der Waals surface area (Å²) in [6, 6.07) is 0. The zero-order valence-electron chi connectivity index (χ0n) is 15.5. The molecule has 0 aromatic carbocycles. The van der Waals surface area contributed by atoms with Gasteiger partial charge in [-0.2, -0.15) is 0 Å². The zero-order valence-corrected chi connectivity index (χ0v) is 15.5. The predicted molar refractivity (Wildman–Crippen MR) is 92.1 cm³/mol. The maximum Gasteiger partial charge on any atom is 0.410 e. The Morgan fingerprint density at radius 1 is 1.17 bits per heavy atom. The fourth-order valence-corrected chi connectivity index (χ4v) is 3.32. The number of carbonyl (C=O) groups is 2. The zero-order chi connectivity index (χ0) is 17.8. The van der Waals surface area contributed by atoms with E-state index in [0.717, 1.165) is 45.1 Å². The van der Waals surface area contributed by atoms with Gasteiger partial charge in [-0.1, -0.05) is 0 Å². The van der Waals surface area contributed by atoms with Gasteiger partial charge in [0.25, 0.3) is 0 Å². The normalized spacial score (nSPS) is 23.1. The number of likely N-dealkylation sites (tertiary alicyclic amines) is 2. The molecular weight excluding hydrogens is 308 g/mol. The van der Waals surface area contributed by atoms with Gasteiger partial charge in [0, 0.05) is 26.2 Å². The number of amides is 1. The third-order valence-corrected chi connectivity index (χ3v) is 4.79. The Morgan fingerprint density at radius 3 is 2.25 bits per heavy atom. The molecule has 2 saturated heterocycles. The molecule has 0 aromatic heterocycles. The van der Waals surface area contributed by atoms with Crippen LogP contribution in [0.25, 0.3) is 0 Å². The maximum atomic E-state index is 12.1. The second-order valence-electron chi connectivity index (χ2n) is 8.20. The predicted octanol–water partition coefficient (Wildman–Crippen LogP) is 2.46. The Bertz CT molecular complexity index is 431. The first-order valence-corrected chi connectivity index (χ1v) is 9.02. The van der Waals surface area contributed by atoms with Gasteiger partial charge in [-0.3, -0.25) is 4.90 Å². The number of aldehydes is 1. The van der Waals surface area contributed by atoms with E-state index in [1.54, 1.807) is 4.90 Å². The molecule has 0 spiro atoms. The van der Waals surface area contributed by atoms with Gasteiger partial charge < -0.3 is 19.2 Å². The van der Waals surface area contributed by atoms with E-state index in [9.17, 15) is 9.59 Å². The van der Waals surface area contributed by atoms with E-state index in [4.69, 9.17) is 9.47 Å². The molecule has 1 amide bonds. The fourth-order valence-electron chi connectivity index (χ4n) is 3.32. The van der Waals surface area contributed by atoms with Crippen molar-refractivity contribution in [2.45, 2.75) is 70.7 Å². The van der Waals surface area contributed by atoms with Crippen LogP contribution in [-0.4, -0.2) is 72.2 Å². The highest BCUT2D eigenvalue weighted by atomic mass is 16.6. The third kappa shape index (κ3) is 5.74. The molecule has 2 aliphatic rings. The molecule has 6 heteroatoms. The number of nitrogens with zero attached hydrogens (tertiary/aromatic N) is 2. The summed E-state index contributed by atoms with van der Waals surface area (Å²) in [5.41, 5.74) is -0.625. The highest BCUT2D eigenvalue weighted by molar-refractivity contribution is 5.68. The number of ether oxygens (including phenoxy) is 2. The van der Waals surface area contributed by atoms with Gasteiger partial charge in [0.15, 0.2) is 0 Å². The summed E-state index contributed by atoms with van der Waals surface area (Å²) in [6.45, 7) is 11.5. The first-order chi connectivity index (χ1) is 11.2. The summed E-state index contributed by atoms with van der Waals surface area (Å²) in [4.78, 5) is 26.7. The van der Waals surface area contributed by atoms with E-state index < -0.39 is 5.60 Å². The van der Waals surface area contributed by atoms with Crippen LogP contribution in [-0.2, 0) is 14.3 Å². The molecule has 2 heterocycles. The third-order valence-electron chi connectivity index (χ3n) is 4.79. The van der Waals surface area contributed by atoms with Gasteiger partial charge in [0.1, 0.15) is 11.9 Å². The molecule has 0 aromatic rings. The molecule has 2 fully saturated rings. The highest BCUT2D eigenvalue weighted by Crippen LogP contribution is 2.30. The average molecular weight is 340 g/mol. The topological polar surface area (TPSA) is 59.1 Å². The van der Waals surface area contributed by atoms with Gasteiger partial charge in [0.2, 0.25) is 0 Å². The van der Waals surface area contributed by atoms with Crippen molar-refractivity contribution in [2.24, 2.45) is 0 Å². The molecule has 0 bridgehead atoms. The van der Waals surface area contributed by atoms with Crippen molar-refractivity contribution in [3.63, 3.8) is 0 Å². The van der Waals surface area contributed by atoms with E-state index in [0.29, 0.717) is 19.6 Å². The molecule has 138 valence electrons. The minimum absolute atomic E-state index is 0.171. The van der Waals surface area contributed by atoms with Gasteiger partial charge in [-0.25, -0.2) is 4.79 Å². The monoisotopic (exact) mass is 340 g/mol. The van der Waals surface area contributed by atoms with Crippen LogP contribution in [0.1, 0.15) is 53.4 Å². The molecule has 0 aliphatic carbocycles. The van der Waals surface area contributed by atoms with E-state index in [2.05, 4.69) is 11.8 Å². The van der Waals surface area contributed by atoms with Gasteiger partial charge in [-0.15, -0.1) is 0 Å². The van der Waals surface area contributed by atoms with Crippen LogP contribution in [0.2, 0.25) is 0 Å². The molecule has 0 unspecified atom stereocenters. The van der Waals surface area contributed by atoms with E-state index >= 15 is 0 Å². The van der Waals surface area contributed by atoms with Gasteiger partial charge in [-0.05, 0) is 53.4 Å². The molecule has 2 aliphatic heterocycles. The van der Waals surface area contributed by atoms with Crippen molar-refractivity contribution in [1.82, 2.24) is 9.80 Å². The van der Waals surface area contributed by atoms with Crippen molar-refractivity contribution >= 4 is 12.4 Å². The SMILES string of the molecule is CC(C)(C)OC(=O)N1CCC(C)(OC2CCN(CC=O)CC2)CC1. The molecule has 2 rings (SSSR count). The maximum absolute atomic E-state index is 12.1. The largest absolute Gasteiger partial charge is 0.444 e. The second kappa shape index (κ2) is 7.83. The van der Waals surface area contributed by atoms with Crippen molar-refractivity contribution in [3.05, 3.63) is 0 Å². The number of carbonyl (C=O) groups excluding carboxylic acids is 2. The quantitative estimate of drug-likeness (QED) is 0.736. The van der Waals surface area contributed by atoms with Crippen molar-refractivity contribution < 1.29 is 19.1 Å². The van der Waals surface area contributed by atoms with Crippen LogP contribution >= 0.6 is 0 Å². The Balaban J connectivity index is 1.76. The van der Waals surface area contributed by atoms with Gasteiger partial charge >= 0.3 is 6.09 Å². The molecule has 0 atom stereocenters. The average Bonchev–Trinajstić information content (AvgIpc) is 2.48. The molecular formula is C18H32N2O4. The van der Waals surface area contributed by atoms with Crippen LogP contribution in [0, 0.1) is 0 Å². The van der Waals surface area contributed by atoms with E-state index in [-0.39, 0.29) is 17.8 Å². The van der Waals surface area contributed by atoms with Crippen LogP contribution in [0.5, 0.6) is 0 Å². The minimum atomic E-state index is -0.455. The summed E-state index contributed by atoms with van der Waals surface area (Å²) in [7, 11) is 0. The van der Waals surface area contributed by atoms with Crippen molar-refractivity contribution in [2.75, 3.05) is 32.7 Å². The lowest BCUT2D eigenvalue weighted by Crippen LogP contribution is -2.50. The number of hydrogen-bond acceptors (Lipinski definition) is 5. The summed E-state index contributed by atoms with van der Waals surface area (Å²) in [5, 5.41) is 0. The lowest BCUT2D eigenvalue weighted by Gasteiger charge is -2.43. The Morgan fingerprint density at radius 2 is 1.75 bits per heavy atom.